The summed E-state index contributed by atoms with van der Waals surface area (Å²) in [5, 5.41) is 28.2. The highest BCUT2D eigenvalue weighted by molar-refractivity contribution is 6.03. The van der Waals surface area contributed by atoms with Gasteiger partial charge in [-0.05, 0) is 23.6 Å². The smallest absolute Gasteiger partial charge is 0.343 e. The number of carboxylic acids is 1. The summed E-state index contributed by atoms with van der Waals surface area (Å²) in [6.07, 6.45) is 0. The van der Waals surface area contributed by atoms with Gasteiger partial charge >= 0.3 is 5.97 Å². The van der Waals surface area contributed by atoms with Crippen LogP contribution in [0.25, 0.3) is 10.8 Å². The molecule has 0 spiro atoms. The van der Waals surface area contributed by atoms with E-state index in [0.29, 0.717) is 5.39 Å². The van der Waals surface area contributed by atoms with E-state index < -0.39 is 28.8 Å². The van der Waals surface area contributed by atoms with Crippen molar-refractivity contribution in [1.82, 2.24) is 0 Å². The van der Waals surface area contributed by atoms with Crippen molar-refractivity contribution in [1.29, 1.82) is 0 Å². The number of fused-ring (bicyclic) bond motifs is 1. The first-order chi connectivity index (χ1) is 7.50. The fourth-order valence-corrected chi connectivity index (χ4v) is 1.55. The van der Waals surface area contributed by atoms with Crippen molar-refractivity contribution < 1.29 is 24.5 Å². The summed E-state index contributed by atoms with van der Waals surface area (Å²) < 4.78 is 12.9. The molecule has 0 radical (unpaired) electrons. The van der Waals surface area contributed by atoms with Gasteiger partial charge in [-0.2, -0.15) is 0 Å². The minimum atomic E-state index is -1.47. The van der Waals surface area contributed by atoms with Gasteiger partial charge in [-0.3, -0.25) is 0 Å². The maximum Gasteiger partial charge on any atom is 0.343 e. The Hall–Kier alpha value is -2.30. The third-order valence-electron chi connectivity index (χ3n) is 2.27. The van der Waals surface area contributed by atoms with Gasteiger partial charge in [0.05, 0.1) is 0 Å². The Balaban J connectivity index is 2.90. The van der Waals surface area contributed by atoms with Gasteiger partial charge in [0.2, 0.25) is 0 Å². The average molecular weight is 222 g/mol. The fraction of sp³-hybridized carbons (Fsp3) is 0. The molecule has 0 amide bonds. The van der Waals surface area contributed by atoms with E-state index in [1.54, 1.807) is 0 Å². The molecule has 0 saturated heterocycles. The summed E-state index contributed by atoms with van der Waals surface area (Å²) in [6, 6.07) is 4.67. The van der Waals surface area contributed by atoms with E-state index in [1.165, 1.54) is 6.07 Å². The molecule has 5 heteroatoms. The molecule has 0 atom stereocenters. The predicted molar refractivity (Wildman–Crippen MR) is 54.2 cm³/mol. The molecule has 82 valence electrons. The quantitative estimate of drug-likeness (QED) is 0.690. The van der Waals surface area contributed by atoms with Crippen molar-refractivity contribution in [2.24, 2.45) is 0 Å². The largest absolute Gasteiger partial charge is 0.507 e. The lowest BCUT2D eigenvalue weighted by molar-refractivity contribution is 0.0691. The highest BCUT2D eigenvalue weighted by atomic mass is 19.1. The third-order valence-corrected chi connectivity index (χ3v) is 2.27. The van der Waals surface area contributed by atoms with E-state index in [1.807, 2.05) is 0 Å². The highest BCUT2D eigenvalue weighted by Gasteiger charge is 2.18. The molecule has 0 unspecified atom stereocenters. The molecule has 3 N–H and O–H groups in total. The second-order valence-electron chi connectivity index (χ2n) is 3.29. The number of rotatable bonds is 1. The van der Waals surface area contributed by atoms with Gasteiger partial charge < -0.3 is 15.3 Å². The van der Waals surface area contributed by atoms with Gasteiger partial charge in [-0.1, -0.05) is 6.07 Å². The van der Waals surface area contributed by atoms with Crippen LogP contribution in [0, 0.1) is 5.82 Å². The summed E-state index contributed by atoms with van der Waals surface area (Å²) in [5.74, 6) is -3.25. The standard InChI is InChI=1S/C11H7FO4/c12-6-2-1-5-3-8(13)9(11(15)16)10(14)7(5)4-6/h1-4,13-14H,(H,15,16). The molecule has 0 aliphatic carbocycles. The van der Waals surface area contributed by atoms with Crippen LogP contribution in [0.1, 0.15) is 10.4 Å². The van der Waals surface area contributed by atoms with E-state index in [2.05, 4.69) is 0 Å². The van der Waals surface area contributed by atoms with Crippen molar-refractivity contribution in [2.75, 3.05) is 0 Å². The van der Waals surface area contributed by atoms with Gasteiger partial charge in [0.25, 0.3) is 0 Å². The summed E-state index contributed by atoms with van der Waals surface area (Å²) >= 11 is 0. The second kappa shape index (κ2) is 3.37. The van der Waals surface area contributed by atoms with Crippen LogP contribution >= 0.6 is 0 Å². The van der Waals surface area contributed by atoms with Gasteiger partial charge in [0.1, 0.15) is 22.9 Å². The first-order valence-corrected chi connectivity index (χ1v) is 4.38. The van der Waals surface area contributed by atoms with Crippen LogP contribution in [0.15, 0.2) is 24.3 Å². The number of aromatic carboxylic acids is 1. The molecule has 0 saturated carbocycles. The molecule has 2 rings (SSSR count). The molecule has 0 aliphatic rings. The number of carboxylic acid groups (broad SMARTS) is 1. The number of benzene rings is 2. The van der Waals surface area contributed by atoms with Crippen LogP contribution in [0.2, 0.25) is 0 Å². The van der Waals surface area contributed by atoms with Crippen LogP contribution in [-0.4, -0.2) is 21.3 Å². The molecule has 2 aromatic carbocycles. The topological polar surface area (TPSA) is 77.8 Å². The van der Waals surface area contributed by atoms with Crippen molar-refractivity contribution in [3.05, 3.63) is 35.6 Å². The molecular formula is C11H7FO4. The average Bonchev–Trinajstić information content (AvgIpc) is 2.19. The first-order valence-electron chi connectivity index (χ1n) is 4.38. The number of phenols is 2. The molecule has 4 nitrogen and oxygen atoms in total. The Morgan fingerprint density at radius 2 is 1.88 bits per heavy atom. The first kappa shape index (κ1) is 10.2. The van der Waals surface area contributed by atoms with Crippen molar-refractivity contribution in [2.45, 2.75) is 0 Å². The molecule has 0 bridgehead atoms. The van der Waals surface area contributed by atoms with Gasteiger partial charge in [-0.25, -0.2) is 9.18 Å². The molecule has 0 heterocycles. The summed E-state index contributed by atoms with van der Waals surface area (Å²) in [6.45, 7) is 0. The Labute approximate surface area is 89.2 Å². The summed E-state index contributed by atoms with van der Waals surface area (Å²) in [7, 11) is 0. The van der Waals surface area contributed by atoms with Gasteiger partial charge in [-0.15, -0.1) is 0 Å². The Morgan fingerprint density at radius 1 is 1.19 bits per heavy atom. The van der Waals surface area contributed by atoms with Gasteiger partial charge in [0, 0.05) is 5.39 Å². The molecule has 0 aromatic heterocycles. The lowest BCUT2D eigenvalue weighted by Crippen LogP contribution is -1.98. The second-order valence-corrected chi connectivity index (χ2v) is 3.29. The summed E-state index contributed by atoms with van der Waals surface area (Å²) in [5.41, 5.74) is -0.627. The zero-order chi connectivity index (χ0) is 11.9. The minimum absolute atomic E-state index is 0.0511. The van der Waals surface area contributed by atoms with E-state index in [4.69, 9.17) is 5.11 Å². The number of halogens is 1. The van der Waals surface area contributed by atoms with Crippen LogP contribution in [0.5, 0.6) is 11.5 Å². The fourth-order valence-electron chi connectivity index (χ4n) is 1.55. The normalized spacial score (nSPS) is 10.6. The molecule has 0 fully saturated rings. The lowest BCUT2D eigenvalue weighted by atomic mass is 10.0. The minimum Gasteiger partial charge on any atom is -0.507 e. The summed E-state index contributed by atoms with van der Waals surface area (Å²) in [4.78, 5) is 10.8. The van der Waals surface area contributed by atoms with E-state index in [-0.39, 0.29) is 5.39 Å². The zero-order valence-corrected chi connectivity index (χ0v) is 7.94. The van der Waals surface area contributed by atoms with Crippen LogP contribution in [0.4, 0.5) is 4.39 Å². The van der Waals surface area contributed by atoms with E-state index in [0.717, 1.165) is 18.2 Å². The molecule has 0 aliphatic heterocycles. The number of carbonyl (C=O) groups is 1. The Kier molecular flexibility index (Phi) is 2.16. The van der Waals surface area contributed by atoms with Crippen molar-refractivity contribution in [3.8, 4) is 11.5 Å². The third kappa shape index (κ3) is 1.42. The van der Waals surface area contributed by atoms with Gasteiger partial charge in [0.15, 0.2) is 0 Å². The molecule has 2 aromatic rings. The predicted octanol–water partition coefficient (Wildman–Crippen LogP) is 2.09. The Morgan fingerprint density at radius 3 is 2.50 bits per heavy atom. The highest BCUT2D eigenvalue weighted by Crippen LogP contribution is 2.35. The maximum absolute atomic E-state index is 12.9. The van der Waals surface area contributed by atoms with Crippen LogP contribution in [-0.2, 0) is 0 Å². The molecule has 16 heavy (non-hydrogen) atoms. The monoisotopic (exact) mass is 222 g/mol. The zero-order valence-electron chi connectivity index (χ0n) is 7.94. The van der Waals surface area contributed by atoms with Crippen LogP contribution < -0.4 is 0 Å². The van der Waals surface area contributed by atoms with Crippen molar-refractivity contribution in [3.63, 3.8) is 0 Å². The SMILES string of the molecule is O=C(O)c1c(O)cc2ccc(F)cc2c1O. The van der Waals surface area contributed by atoms with E-state index in [9.17, 15) is 19.4 Å². The molecular weight excluding hydrogens is 215 g/mol. The number of hydrogen-bond acceptors (Lipinski definition) is 3. The van der Waals surface area contributed by atoms with E-state index >= 15 is 0 Å². The maximum atomic E-state index is 12.9. The Bertz CT molecular complexity index is 592. The van der Waals surface area contributed by atoms with Crippen LogP contribution in [0.3, 0.4) is 0 Å². The number of hydrogen-bond donors (Lipinski definition) is 3. The lowest BCUT2D eigenvalue weighted by Gasteiger charge is -2.07. The van der Waals surface area contributed by atoms with Crippen molar-refractivity contribution >= 4 is 16.7 Å². The number of aromatic hydroxyl groups is 2.